The quantitative estimate of drug-likeness (QED) is 0.225. The van der Waals surface area contributed by atoms with E-state index in [-0.39, 0.29) is 23.7 Å². The molecule has 8 heteroatoms. The fourth-order valence-electron chi connectivity index (χ4n) is 7.23. The van der Waals surface area contributed by atoms with Crippen LogP contribution in [-0.4, -0.2) is 95.4 Å². The first-order valence-electron chi connectivity index (χ1n) is 17.9. The summed E-state index contributed by atoms with van der Waals surface area (Å²) in [6.45, 7) is 11.3. The Morgan fingerprint density at radius 1 is 0.935 bits per heavy atom. The molecule has 2 aliphatic rings. The summed E-state index contributed by atoms with van der Waals surface area (Å²) in [4.78, 5) is 32.6. The number of hydrogen-bond donors (Lipinski definition) is 4. The molecule has 0 radical (unpaired) electrons. The number of rotatable bonds is 15. The third-order valence-electron chi connectivity index (χ3n) is 10.4. The van der Waals surface area contributed by atoms with Crippen molar-refractivity contribution in [2.24, 2.45) is 17.8 Å². The Hall–Kier alpha value is -2.52. The molecule has 2 fully saturated rings. The van der Waals surface area contributed by atoms with E-state index in [1.807, 2.05) is 36.9 Å². The molecule has 0 bridgehead atoms. The molecule has 1 aliphatic carbocycles. The summed E-state index contributed by atoms with van der Waals surface area (Å²) in [5, 5.41) is 31.4. The molecule has 1 aliphatic heterocycles. The van der Waals surface area contributed by atoms with Crippen molar-refractivity contribution in [3.8, 4) is 0 Å². The van der Waals surface area contributed by atoms with Crippen LogP contribution >= 0.6 is 0 Å². The van der Waals surface area contributed by atoms with Crippen molar-refractivity contribution in [1.29, 1.82) is 0 Å². The second kappa shape index (κ2) is 17.6. The van der Waals surface area contributed by atoms with Crippen molar-refractivity contribution in [3.63, 3.8) is 0 Å². The van der Waals surface area contributed by atoms with Crippen molar-refractivity contribution in [2.75, 3.05) is 33.2 Å². The number of fused-ring (bicyclic) bond motifs is 1. The highest BCUT2D eigenvalue weighted by Crippen LogP contribution is 2.29. The predicted octanol–water partition coefficient (Wildman–Crippen LogP) is 4.75. The molecule has 6 atom stereocenters. The van der Waals surface area contributed by atoms with E-state index < -0.39 is 30.3 Å². The summed E-state index contributed by atoms with van der Waals surface area (Å²) in [6, 6.07) is 12.6. The zero-order valence-corrected chi connectivity index (χ0v) is 29.0. The van der Waals surface area contributed by atoms with Gasteiger partial charge in [0.1, 0.15) is 6.10 Å². The van der Waals surface area contributed by atoms with Gasteiger partial charge in [-0.05, 0) is 60.4 Å². The third-order valence-corrected chi connectivity index (χ3v) is 10.4. The highest BCUT2D eigenvalue weighted by atomic mass is 16.3. The lowest BCUT2D eigenvalue weighted by Gasteiger charge is -2.38. The van der Waals surface area contributed by atoms with Crippen LogP contribution in [-0.2, 0) is 16.0 Å². The van der Waals surface area contributed by atoms with Crippen molar-refractivity contribution >= 4 is 22.6 Å². The van der Waals surface area contributed by atoms with Crippen LogP contribution in [0.15, 0.2) is 42.5 Å². The van der Waals surface area contributed by atoms with Gasteiger partial charge in [0.05, 0.1) is 24.2 Å². The van der Waals surface area contributed by atoms with E-state index in [1.165, 1.54) is 19.3 Å². The number of piperazine rings is 1. The summed E-state index contributed by atoms with van der Waals surface area (Å²) in [6.07, 6.45) is 6.10. The van der Waals surface area contributed by atoms with Crippen LogP contribution in [0.5, 0.6) is 0 Å². The Bertz CT molecular complexity index is 1240. The lowest BCUT2D eigenvalue weighted by molar-refractivity contribution is -0.136. The van der Waals surface area contributed by atoms with Crippen molar-refractivity contribution in [2.45, 2.75) is 116 Å². The van der Waals surface area contributed by atoms with Crippen molar-refractivity contribution < 1.29 is 19.8 Å². The average molecular weight is 637 g/mol. The van der Waals surface area contributed by atoms with Crippen molar-refractivity contribution in [3.05, 3.63) is 48.0 Å². The molecule has 46 heavy (non-hydrogen) atoms. The molecule has 1 saturated carbocycles. The van der Waals surface area contributed by atoms with Gasteiger partial charge in [0.15, 0.2) is 0 Å². The summed E-state index contributed by atoms with van der Waals surface area (Å²) >= 11 is 0. The standard InChI is InChI=1S/C38H60N4O4/c1-6-27(4)35(39-33(24-28-12-8-7-9-13-28)38(46)42-20-18-41(5)19-21-42)37(45)40-32(36(44)34(43)22-26(2)3)25-29-16-17-30-14-10-11-15-31(30)23-29/h10-11,14-17,23,26-28,32-36,39,43-44H,6-9,12-13,18-22,24-25H2,1-5H3,(H,40,45)/t27?,32-,33-,34-,35-,36+/m0/s1. The zero-order valence-electron chi connectivity index (χ0n) is 29.0. The number of likely N-dealkylation sites (N-methyl/N-ethyl adjacent to an activating group) is 1. The largest absolute Gasteiger partial charge is 0.390 e. The summed E-state index contributed by atoms with van der Waals surface area (Å²) in [5.74, 6) is 0.498. The van der Waals surface area contributed by atoms with Crippen LogP contribution < -0.4 is 10.6 Å². The highest BCUT2D eigenvalue weighted by molar-refractivity contribution is 5.86. The second-order valence-corrected chi connectivity index (χ2v) is 14.6. The van der Waals surface area contributed by atoms with E-state index in [9.17, 15) is 19.8 Å². The zero-order chi connectivity index (χ0) is 33.2. The molecule has 4 rings (SSSR count). The van der Waals surface area contributed by atoms with Gasteiger partial charge in [0.2, 0.25) is 11.8 Å². The number of aliphatic hydroxyl groups is 2. The molecule has 1 unspecified atom stereocenters. The normalized spacial score (nSPS) is 20.7. The van der Waals surface area contributed by atoms with E-state index in [1.54, 1.807) is 0 Å². The molecule has 1 saturated heterocycles. The monoisotopic (exact) mass is 636 g/mol. The van der Waals surface area contributed by atoms with Gasteiger partial charge in [0, 0.05) is 26.2 Å². The first-order chi connectivity index (χ1) is 22.0. The fraction of sp³-hybridized carbons (Fsp3) is 0.684. The topological polar surface area (TPSA) is 105 Å². The van der Waals surface area contributed by atoms with Gasteiger partial charge in [-0.1, -0.05) is 109 Å². The lowest BCUT2D eigenvalue weighted by atomic mass is 9.84. The van der Waals surface area contributed by atoms with E-state index in [2.05, 4.69) is 60.7 Å². The summed E-state index contributed by atoms with van der Waals surface area (Å²) in [7, 11) is 2.09. The molecule has 2 amide bonds. The Morgan fingerprint density at radius 2 is 1.61 bits per heavy atom. The molecule has 2 aromatic rings. The number of hydrogen-bond acceptors (Lipinski definition) is 6. The molecular formula is C38H60N4O4. The van der Waals surface area contributed by atoms with Gasteiger partial charge in [-0.15, -0.1) is 0 Å². The number of carbonyl (C=O) groups excluding carboxylic acids is 2. The molecular weight excluding hydrogens is 576 g/mol. The maximum atomic E-state index is 14.3. The molecule has 4 N–H and O–H groups in total. The minimum absolute atomic E-state index is 0.0341. The molecule has 8 nitrogen and oxygen atoms in total. The number of benzene rings is 2. The average Bonchev–Trinajstić information content (AvgIpc) is 3.05. The van der Waals surface area contributed by atoms with Gasteiger partial charge < -0.3 is 25.3 Å². The highest BCUT2D eigenvalue weighted by Gasteiger charge is 2.37. The van der Waals surface area contributed by atoms with Crippen molar-refractivity contribution in [1.82, 2.24) is 20.4 Å². The molecule has 1 heterocycles. The smallest absolute Gasteiger partial charge is 0.239 e. The molecule has 0 spiro atoms. The maximum Gasteiger partial charge on any atom is 0.239 e. The number of nitrogens with one attached hydrogen (secondary N) is 2. The van der Waals surface area contributed by atoms with Gasteiger partial charge in [-0.2, -0.15) is 0 Å². The SMILES string of the molecule is CCC(C)[C@H](N[C@@H](CC1CCCCC1)C(=O)N1CCN(C)CC1)C(=O)N[C@@H](Cc1ccc2ccccc2c1)[C@@H](O)[C@@H](O)CC(C)C. The van der Waals surface area contributed by atoms with Crippen LogP contribution in [0.2, 0.25) is 0 Å². The maximum absolute atomic E-state index is 14.3. The minimum atomic E-state index is -1.14. The van der Waals surface area contributed by atoms with E-state index in [0.29, 0.717) is 31.8 Å². The van der Waals surface area contributed by atoms with Crippen LogP contribution in [0.25, 0.3) is 10.8 Å². The van der Waals surface area contributed by atoms with Gasteiger partial charge >= 0.3 is 0 Å². The Balaban J connectivity index is 1.57. The Labute approximate surface area is 277 Å². The fourth-order valence-corrected chi connectivity index (χ4v) is 7.23. The lowest BCUT2D eigenvalue weighted by Crippen LogP contribution is -2.61. The third kappa shape index (κ3) is 10.2. The number of nitrogens with zero attached hydrogens (tertiary/aromatic N) is 2. The number of aliphatic hydroxyl groups excluding tert-OH is 2. The molecule has 2 aromatic carbocycles. The summed E-state index contributed by atoms with van der Waals surface area (Å²) < 4.78 is 0. The number of carbonyl (C=O) groups is 2. The van der Waals surface area contributed by atoms with E-state index in [4.69, 9.17) is 0 Å². The number of amides is 2. The molecule has 256 valence electrons. The minimum Gasteiger partial charge on any atom is -0.390 e. The van der Waals surface area contributed by atoms with Gasteiger partial charge in [0.25, 0.3) is 0 Å². The Morgan fingerprint density at radius 3 is 2.26 bits per heavy atom. The van der Waals surface area contributed by atoms with E-state index in [0.717, 1.165) is 55.1 Å². The van der Waals surface area contributed by atoms with Crippen LogP contribution in [0.4, 0.5) is 0 Å². The van der Waals surface area contributed by atoms with E-state index >= 15 is 0 Å². The van der Waals surface area contributed by atoms with Crippen LogP contribution in [0.3, 0.4) is 0 Å². The van der Waals surface area contributed by atoms with Gasteiger partial charge in [-0.3, -0.25) is 14.9 Å². The van der Waals surface area contributed by atoms with Gasteiger partial charge in [-0.25, -0.2) is 0 Å². The predicted molar refractivity (Wildman–Crippen MR) is 186 cm³/mol. The second-order valence-electron chi connectivity index (χ2n) is 14.6. The van der Waals surface area contributed by atoms with Crippen LogP contribution in [0, 0.1) is 17.8 Å². The Kier molecular flexibility index (Phi) is 13.9. The van der Waals surface area contributed by atoms with Crippen LogP contribution in [0.1, 0.15) is 84.6 Å². The first kappa shape index (κ1) is 36.3. The first-order valence-corrected chi connectivity index (χ1v) is 17.9. The molecule has 0 aromatic heterocycles. The summed E-state index contributed by atoms with van der Waals surface area (Å²) in [5.41, 5.74) is 0.980.